The van der Waals surface area contributed by atoms with E-state index in [1.165, 1.54) is 29.0 Å². The zero-order valence-electron chi connectivity index (χ0n) is 10.5. The second kappa shape index (κ2) is 4.93. The molecule has 2 aromatic rings. The Balaban J connectivity index is 2.28. The predicted molar refractivity (Wildman–Crippen MR) is 68.4 cm³/mol. The number of hydrogen-bond donors (Lipinski definition) is 0. The van der Waals surface area contributed by atoms with Gasteiger partial charge in [0.25, 0.3) is 5.69 Å². The third kappa shape index (κ3) is 2.47. The lowest BCUT2D eigenvalue weighted by Crippen LogP contribution is -2.09. The highest BCUT2D eigenvalue weighted by Crippen LogP contribution is 2.20. The van der Waals surface area contributed by atoms with E-state index >= 15 is 0 Å². The first-order valence-corrected chi connectivity index (χ1v) is 5.60. The Bertz CT molecular complexity index is 629. The minimum absolute atomic E-state index is 0.00174. The van der Waals surface area contributed by atoms with Gasteiger partial charge in [-0.1, -0.05) is 0 Å². The number of nitro benzene ring substituents is 1. The second-order valence-corrected chi connectivity index (χ2v) is 4.08. The summed E-state index contributed by atoms with van der Waals surface area (Å²) in [6.07, 6.45) is 0.762. The molecule has 0 fully saturated rings. The molecule has 98 valence electrons. The third-order valence-corrected chi connectivity index (χ3v) is 2.78. The Hall–Kier alpha value is -2.63. The van der Waals surface area contributed by atoms with Crippen molar-refractivity contribution < 1.29 is 14.6 Å². The lowest BCUT2D eigenvalue weighted by atomic mass is 10.3. The van der Waals surface area contributed by atoms with Crippen LogP contribution >= 0.6 is 0 Å². The van der Waals surface area contributed by atoms with Crippen molar-refractivity contribution in [2.45, 2.75) is 13.8 Å². The van der Waals surface area contributed by atoms with E-state index in [4.69, 9.17) is 4.84 Å². The van der Waals surface area contributed by atoms with E-state index in [9.17, 15) is 14.9 Å². The van der Waals surface area contributed by atoms with Gasteiger partial charge in [0.05, 0.1) is 16.3 Å². The van der Waals surface area contributed by atoms with Gasteiger partial charge >= 0.3 is 0 Å². The maximum atomic E-state index is 10.8. The summed E-state index contributed by atoms with van der Waals surface area (Å²) in [5.74, 6) is 0.463. The van der Waals surface area contributed by atoms with Gasteiger partial charge in [-0.3, -0.25) is 14.9 Å². The van der Waals surface area contributed by atoms with Crippen molar-refractivity contribution in [3.05, 3.63) is 57.4 Å². The molecule has 1 heterocycles. The van der Waals surface area contributed by atoms with Crippen LogP contribution in [0.25, 0.3) is 0 Å². The van der Waals surface area contributed by atoms with Crippen molar-refractivity contribution in [3.8, 4) is 5.75 Å². The summed E-state index contributed by atoms with van der Waals surface area (Å²) in [6, 6.07) is 7.47. The number of non-ortho nitro benzene ring substituents is 1. The van der Waals surface area contributed by atoms with Crippen molar-refractivity contribution in [2.75, 3.05) is 0 Å². The van der Waals surface area contributed by atoms with Crippen LogP contribution in [0.4, 0.5) is 5.69 Å². The van der Waals surface area contributed by atoms with Gasteiger partial charge in [-0.25, -0.2) is 0 Å². The summed E-state index contributed by atoms with van der Waals surface area (Å²) in [4.78, 5) is 26.5. The highest BCUT2D eigenvalue weighted by atomic mass is 16.7. The average Bonchev–Trinajstić information content (AvgIpc) is 2.67. The summed E-state index contributed by atoms with van der Waals surface area (Å²) in [5.41, 5.74) is 2.02. The van der Waals surface area contributed by atoms with Gasteiger partial charge in [-0.05, 0) is 32.0 Å². The lowest BCUT2D eigenvalue weighted by Gasteiger charge is -2.10. The van der Waals surface area contributed by atoms with E-state index in [0.29, 0.717) is 17.0 Å². The Morgan fingerprint density at radius 2 is 1.89 bits per heavy atom. The first kappa shape index (κ1) is 12.8. The lowest BCUT2D eigenvalue weighted by molar-refractivity contribution is -0.384. The van der Waals surface area contributed by atoms with Crippen molar-refractivity contribution in [1.29, 1.82) is 0 Å². The maximum absolute atomic E-state index is 10.8. The molecule has 1 aromatic heterocycles. The smallest absolute Gasteiger partial charge is 0.269 e. The minimum atomic E-state index is -0.472. The second-order valence-electron chi connectivity index (χ2n) is 4.08. The van der Waals surface area contributed by atoms with Crippen LogP contribution in [0.2, 0.25) is 0 Å². The molecule has 6 heteroatoms. The molecule has 0 radical (unpaired) electrons. The molecule has 0 spiro atoms. The summed E-state index contributed by atoms with van der Waals surface area (Å²) in [5, 5.41) is 10.5. The van der Waals surface area contributed by atoms with E-state index in [2.05, 4.69) is 0 Å². The molecule has 0 aliphatic rings. The quantitative estimate of drug-likeness (QED) is 0.481. The zero-order chi connectivity index (χ0) is 14.0. The van der Waals surface area contributed by atoms with E-state index in [0.717, 1.165) is 12.0 Å². The Morgan fingerprint density at radius 3 is 2.37 bits per heavy atom. The number of aryl methyl sites for hydroxylation is 1. The van der Waals surface area contributed by atoms with Gasteiger partial charge in [-0.15, -0.1) is 0 Å². The number of carbonyl (C=O) groups excluding carboxylic acids is 1. The number of hydrogen-bond acceptors (Lipinski definition) is 4. The standard InChI is InChI=1S/C13H12N2O4/c1-9-7-11(8-16)10(2)14(9)19-13-5-3-12(4-6-13)15(17)18/h3-8H,1-2H3. The number of carbonyl (C=O) groups is 1. The van der Waals surface area contributed by atoms with Crippen molar-refractivity contribution in [1.82, 2.24) is 4.73 Å². The van der Waals surface area contributed by atoms with Crippen molar-refractivity contribution >= 4 is 12.0 Å². The van der Waals surface area contributed by atoms with Crippen molar-refractivity contribution in [2.24, 2.45) is 0 Å². The number of aldehydes is 1. The van der Waals surface area contributed by atoms with Crippen LogP contribution in [-0.4, -0.2) is 15.9 Å². The summed E-state index contributed by atoms with van der Waals surface area (Å²) >= 11 is 0. The maximum Gasteiger partial charge on any atom is 0.269 e. The van der Waals surface area contributed by atoms with Crippen LogP contribution in [0.5, 0.6) is 5.75 Å². The number of nitro groups is 1. The van der Waals surface area contributed by atoms with E-state index in [1.54, 1.807) is 13.0 Å². The fourth-order valence-corrected chi connectivity index (χ4v) is 1.76. The molecular formula is C13H12N2O4. The molecule has 0 amide bonds. The number of aromatic nitrogens is 1. The molecule has 0 saturated carbocycles. The first-order chi connectivity index (χ1) is 9.02. The Labute approximate surface area is 109 Å². The minimum Gasteiger partial charge on any atom is -0.375 e. The summed E-state index contributed by atoms with van der Waals surface area (Å²) < 4.78 is 1.52. The van der Waals surface area contributed by atoms with Gasteiger partial charge in [0.1, 0.15) is 0 Å². The van der Waals surface area contributed by atoms with Crippen LogP contribution < -0.4 is 4.84 Å². The SMILES string of the molecule is Cc1cc(C=O)c(C)n1Oc1ccc([N+](=O)[O-])cc1. The largest absolute Gasteiger partial charge is 0.375 e. The molecule has 1 aromatic carbocycles. The molecule has 0 N–H and O–H groups in total. The fraction of sp³-hybridized carbons (Fsp3) is 0.154. The van der Waals surface area contributed by atoms with Crippen LogP contribution in [0.3, 0.4) is 0 Å². The average molecular weight is 260 g/mol. The highest BCUT2D eigenvalue weighted by molar-refractivity contribution is 5.77. The van der Waals surface area contributed by atoms with Crippen LogP contribution in [0.1, 0.15) is 21.7 Å². The van der Waals surface area contributed by atoms with E-state index < -0.39 is 4.92 Å². The molecule has 0 bridgehead atoms. The molecule has 19 heavy (non-hydrogen) atoms. The summed E-state index contributed by atoms with van der Waals surface area (Å²) in [7, 11) is 0. The topological polar surface area (TPSA) is 74.4 Å². The molecule has 6 nitrogen and oxygen atoms in total. The fourth-order valence-electron chi connectivity index (χ4n) is 1.76. The van der Waals surface area contributed by atoms with Crippen LogP contribution in [0, 0.1) is 24.0 Å². The molecule has 0 unspecified atom stereocenters. The molecule has 2 rings (SSSR count). The number of rotatable bonds is 4. The molecule has 0 atom stereocenters. The van der Waals surface area contributed by atoms with Crippen LogP contribution in [0.15, 0.2) is 30.3 Å². The molecular weight excluding hydrogens is 248 g/mol. The van der Waals surface area contributed by atoms with E-state index in [1.807, 2.05) is 6.92 Å². The molecule has 0 saturated heterocycles. The zero-order valence-corrected chi connectivity index (χ0v) is 10.5. The Morgan fingerprint density at radius 1 is 1.26 bits per heavy atom. The first-order valence-electron chi connectivity index (χ1n) is 5.60. The van der Waals surface area contributed by atoms with Gasteiger partial charge in [0.15, 0.2) is 12.0 Å². The van der Waals surface area contributed by atoms with Crippen LogP contribution in [-0.2, 0) is 0 Å². The predicted octanol–water partition coefficient (Wildman–Crippen LogP) is 2.67. The van der Waals surface area contributed by atoms with Gasteiger partial charge in [0, 0.05) is 17.7 Å². The van der Waals surface area contributed by atoms with Gasteiger partial charge < -0.3 is 4.84 Å². The number of benzene rings is 1. The highest BCUT2D eigenvalue weighted by Gasteiger charge is 2.11. The summed E-state index contributed by atoms with van der Waals surface area (Å²) in [6.45, 7) is 3.58. The normalized spacial score (nSPS) is 10.2. The van der Waals surface area contributed by atoms with Crippen molar-refractivity contribution in [3.63, 3.8) is 0 Å². The van der Waals surface area contributed by atoms with Gasteiger partial charge in [0.2, 0.25) is 0 Å². The third-order valence-electron chi connectivity index (χ3n) is 2.78. The van der Waals surface area contributed by atoms with Gasteiger partial charge in [-0.2, -0.15) is 4.73 Å². The molecule has 0 aliphatic heterocycles. The Kier molecular flexibility index (Phi) is 3.33. The monoisotopic (exact) mass is 260 g/mol. The number of nitrogens with zero attached hydrogens (tertiary/aromatic N) is 2. The molecule has 0 aliphatic carbocycles. The van der Waals surface area contributed by atoms with E-state index in [-0.39, 0.29) is 5.69 Å².